The van der Waals surface area contributed by atoms with Crippen molar-refractivity contribution in [1.29, 1.82) is 0 Å². The molecule has 0 aliphatic carbocycles. The van der Waals surface area contributed by atoms with Crippen LogP contribution in [0.4, 0.5) is 0 Å². The monoisotopic (exact) mass is 270 g/mol. The van der Waals surface area contributed by atoms with Gasteiger partial charge in [0, 0.05) is 18.0 Å². The molecule has 0 unspecified atom stereocenters. The quantitative estimate of drug-likeness (QED) is 0.727. The zero-order chi connectivity index (χ0) is 13.9. The number of aryl methyl sites for hydroxylation is 1. The van der Waals surface area contributed by atoms with Crippen LogP contribution in [0.3, 0.4) is 0 Å². The molecule has 0 atom stereocenters. The van der Waals surface area contributed by atoms with Crippen LogP contribution in [0.2, 0.25) is 0 Å². The lowest BCUT2D eigenvalue weighted by Crippen LogP contribution is -2.02. The highest BCUT2D eigenvalue weighted by molar-refractivity contribution is 5.55. The first kappa shape index (κ1) is 12.4. The standard InChI is InChI=1S/C14H14N4O2/c1-10-15-6-7-18(10)9-13-16-14(20-17-13)11-4-3-5-12(8-11)19-2/h3-8H,9H2,1-2H3. The first-order valence-corrected chi connectivity index (χ1v) is 6.21. The van der Waals surface area contributed by atoms with Crippen molar-refractivity contribution < 1.29 is 9.26 Å². The molecule has 102 valence electrons. The molecule has 3 aromatic rings. The zero-order valence-corrected chi connectivity index (χ0v) is 11.3. The van der Waals surface area contributed by atoms with Gasteiger partial charge in [-0.25, -0.2) is 4.98 Å². The minimum Gasteiger partial charge on any atom is -0.497 e. The number of ether oxygens (including phenoxy) is 1. The summed E-state index contributed by atoms with van der Waals surface area (Å²) >= 11 is 0. The fraction of sp³-hybridized carbons (Fsp3) is 0.214. The Bertz CT molecular complexity index is 717. The van der Waals surface area contributed by atoms with Gasteiger partial charge in [0.1, 0.15) is 11.6 Å². The van der Waals surface area contributed by atoms with E-state index in [0.717, 1.165) is 17.1 Å². The number of imidazole rings is 1. The van der Waals surface area contributed by atoms with E-state index in [1.165, 1.54) is 0 Å². The molecule has 6 heteroatoms. The minimum atomic E-state index is 0.483. The van der Waals surface area contributed by atoms with Gasteiger partial charge in [-0.15, -0.1) is 0 Å². The van der Waals surface area contributed by atoms with E-state index >= 15 is 0 Å². The SMILES string of the molecule is COc1cccc(-c2nc(Cn3ccnc3C)no2)c1. The van der Waals surface area contributed by atoms with E-state index in [2.05, 4.69) is 15.1 Å². The van der Waals surface area contributed by atoms with Crippen LogP contribution >= 0.6 is 0 Å². The number of nitrogens with zero attached hydrogens (tertiary/aromatic N) is 4. The van der Waals surface area contributed by atoms with E-state index in [0.29, 0.717) is 18.3 Å². The number of rotatable bonds is 4. The van der Waals surface area contributed by atoms with Crippen LogP contribution in [0, 0.1) is 6.92 Å². The molecule has 6 nitrogen and oxygen atoms in total. The van der Waals surface area contributed by atoms with Crippen LogP contribution in [-0.4, -0.2) is 26.8 Å². The van der Waals surface area contributed by atoms with Crippen molar-refractivity contribution in [3.63, 3.8) is 0 Å². The molecule has 0 spiro atoms. The lowest BCUT2D eigenvalue weighted by molar-refractivity contribution is 0.411. The summed E-state index contributed by atoms with van der Waals surface area (Å²) < 4.78 is 12.4. The van der Waals surface area contributed by atoms with E-state index in [-0.39, 0.29) is 0 Å². The van der Waals surface area contributed by atoms with E-state index in [9.17, 15) is 0 Å². The Kier molecular flexibility index (Phi) is 3.20. The molecule has 0 bridgehead atoms. The van der Waals surface area contributed by atoms with Gasteiger partial charge in [0.05, 0.1) is 13.7 Å². The van der Waals surface area contributed by atoms with Crippen molar-refractivity contribution in [2.45, 2.75) is 13.5 Å². The predicted molar refractivity (Wildman–Crippen MR) is 72.4 cm³/mol. The van der Waals surface area contributed by atoms with Gasteiger partial charge >= 0.3 is 0 Å². The van der Waals surface area contributed by atoms with Gasteiger partial charge in [0.15, 0.2) is 5.82 Å². The molecule has 2 aromatic heterocycles. The average molecular weight is 270 g/mol. The third kappa shape index (κ3) is 2.40. The molecular formula is C14H14N4O2. The molecule has 0 N–H and O–H groups in total. The summed E-state index contributed by atoms with van der Waals surface area (Å²) in [6, 6.07) is 7.52. The fourth-order valence-electron chi connectivity index (χ4n) is 1.91. The summed E-state index contributed by atoms with van der Waals surface area (Å²) in [4.78, 5) is 8.55. The molecule has 2 heterocycles. The number of methoxy groups -OCH3 is 1. The number of benzene rings is 1. The van der Waals surface area contributed by atoms with E-state index in [1.54, 1.807) is 13.3 Å². The van der Waals surface area contributed by atoms with Crippen molar-refractivity contribution in [3.05, 3.63) is 48.3 Å². The summed E-state index contributed by atoms with van der Waals surface area (Å²) in [6.07, 6.45) is 3.63. The summed E-state index contributed by atoms with van der Waals surface area (Å²) in [5.41, 5.74) is 0.838. The maximum Gasteiger partial charge on any atom is 0.258 e. The van der Waals surface area contributed by atoms with Gasteiger partial charge in [-0.05, 0) is 25.1 Å². The Morgan fingerprint density at radius 1 is 1.35 bits per heavy atom. The average Bonchev–Trinajstić information content (AvgIpc) is 3.10. The zero-order valence-electron chi connectivity index (χ0n) is 11.3. The second kappa shape index (κ2) is 5.16. The Labute approximate surface area is 116 Å². The number of hydrogen-bond donors (Lipinski definition) is 0. The highest BCUT2D eigenvalue weighted by Crippen LogP contribution is 2.22. The van der Waals surface area contributed by atoms with Crippen molar-refractivity contribution in [2.75, 3.05) is 7.11 Å². The Morgan fingerprint density at radius 3 is 3.00 bits per heavy atom. The van der Waals surface area contributed by atoms with Crippen LogP contribution in [0.5, 0.6) is 5.75 Å². The normalized spacial score (nSPS) is 10.7. The molecule has 3 rings (SSSR count). The maximum atomic E-state index is 5.29. The van der Waals surface area contributed by atoms with Gasteiger partial charge in [-0.2, -0.15) is 4.98 Å². The van der Waals surface area contributed by atoms with Crippen LogP contribution in [0.25, 0.3) is 11.5 Å². The molecule has 0 saturated carbocycles. The van der Waals surface area contributed by atoms with Crippen molar-refractivity contribution in [3.8, 4) is 17.2 Å². The molecule has 0 aliphatic heterocycles. The Balaban J connectivity index is 1.84. The molecule has 1 aromatic carbocycles. The van der Waals surface area contributed by atoms with Gasteiger partial charge in [-0.1, -0.05) is 11.2 Å². The lowest BCUT2D eigenvalue weighted by Gasteiger charge is -2.00. The van der Waals surface area contributed by atoms with Crippen LogP contribution < -0.4 is 4.74 Å². The van der Waals surface area contributed by atoms with Crippen molar-refractivity contribution >= 4 is 0 Å². The highest BCUT2D eigenvalue weighted by atomic mass is 16.5. The number of aromatic nitrogens is 4. The largest absolute Gasteiger partial charge is 0.497 e. The second-order valence-electron chi connectivity index (χ2n) is 4.35. The molecular weight excluding hydrogens is 256 g/mol. The summed E-state index contributed by atoms with van der Waals surface area (Å²) in [6.45, 7) is 2.47. The minimum absolute atomic E-state index is 0.483. The molecule has 0 saturated heterocycles. The second-order valence-corrected chi connectivity index (χ2v) is 4.35. The predicted octanol–water partition coefficient (Wildman–Crippen LogP) is 2.30. The molecule has 0 fully saturated rings. The van der Waals surface area contributed by atoms with Crippen LogP contribution in [-0.2, 0) is 6.54 Å². The Morgan fingerprint density at radius 2 is 2.25 bits per heavy atom. The smallest absolute Gasteiger partial charge is 0.258 e. The van der Waals surface area contributed by atoms with E-state index < -0.39 is 0 Å². The van der Waals surface area contributed by atoms with Crippen molar-refractivity contribution in [2.24, 2.45) is 0 Å². The van der Waals surface area contributed by atoms with Crippen LogP contribution in [0.15, 0.2) is 41.2 Å². The van der Waals surface area contributed by atoms with E-state index in [1.807, 2.05) is 42.0 Å². The summed E-state index contributed by atoms with van der Waals surface area (Å²) in [7, 11) is 1.63. The number of hydrogen-bond acceptors (Lipinski definition) is 5. The fourth-order valence-corrected chi connectivity index (χ4v) is 1.91. The molecule has 0 aliphatic rings. The van der Waals surface area contributed by atoms with E-state index in [4.69, 9.17) is 9.26 Å². The summed E-state index contributed by atoms with van der Waals surface area (Å²) in [5.74, 6) is 2.77. The van der Waals surface area contributed by atoms with Gasteiger partial charge in [-0.3, -0.25) is 0 Å². The topological polar surface area (TPSA) is 66.0 Å². The molecule has 0 radical (unpaired) electrons. The highest BCUT2D eigenvalue weighted by Gasteiger charge is 2.10. The van der Waals surface area contributed by atoms with Gasteiger partial charge in [0.2, 0.25) is 0 Å². The third-order valence-electron chi connectivity index (χ3n) is 3.02. The first-order chi connectivity index (χ1) is 9.76. The first-order valence-electron chi connectivity index (χ1n) is 6.21. The van der Waals surface area contributed by atoms with Crippen molar-refractivity contribution in [1.82, 2.24) is 19.7 Å². The maximum absolute atomic E-state index is 5.29. The third-order valence-corrected chi connectivity index (χ3v) is 3.02. The summed E-state index contributed by atoms with van der Waals surface area (Å²) in [5, 5.41) is 3.99. The van der Waals surface area contributed by atoms with Crippen LogP contribution in [0.1, 0.15) is 11.6 Å². The Hall–Kier alpha value is -2.63. The molecule has 0 amide bonds. The van der Waals surface area contributed by atoms with Gasteiger partial charge in [0.25, 0.3) is 5.89 Å². The van der Waals surface area contributed by atoms with Gasteiger partial charge < -0.3 is 13.8 Å². The molecule has 20 heavy (non-hydrogen) atoms. The lowest BCUT2D eigenvalue weighted by atomic mass is 10.2.